The Balaban J connectivity index is 1.39. The van der Waals surface area contributed by atoms with E-state index in [0.29, 0.717) is 57.6 Å². The van der Waals surface area contributed by atoms with Crippen LogP contribution >= 0.6 is 23.2 Å². The summed E-state index contributed by atoms with van der Waals surface area (Å²) in [5, 5.41) is 8.02. The minimum atomic E-state index is -0.168. The summed E-state index contributed by atoms with van der Waals surface area (Å²) in [5.41, 5.74) is 1.27. The van der Waals surface area contributed by atoms with Crippen LogP contribution in [0.1, 0.15) is 18.7 Å². The SMILES string of the molecule is COc1ccc(NC(=O)C2CCCN(Cc3nc(-c4ccc(Cl)cc4Cl)no3)C2)c(OC)c1. The van der Waals surface area contributed by atoms with E-state index in [1.807, 2.05) is 0 Å². The molecule has 1 saturated heterocycles. The van der Waals surface area contributed by atoms with Crippen LogP contribution in [0.2, 0.25) is 10.0 Å². The van der Waals surface area contributed by atoms with E-state index in [1.54, 1.807) is 50.6 Å². The molecule has 1 amide bonds. The van der Waals surface area contributed by atoms with Crippen molar-refractivity contribution in [2.75, 3.05) is 32.6 Å². The monoisotopic (exact) mass is 490 g/mol. The number of methoxy groups -OCH3 is 2. The number of rotatable bonds is 7. The largest absolute Gasteiger partial charge is 0.497 e. The van der Waals surface area contributed by atoms with Gasteiger partial charge in [-0.25, -0.2) is 0 Å². The number of carbonyl (C=O) groups is 1. The van der Waals surface area contributed by atoms with Gasteiger partial charge in [-0.3, -0.25) is 9.69 Å². The molecule has 0 bridgehead atoms. The Bertz CT molecular complexity index is 1140. The van der Waals surface area contributed by atoms with Crippen LogP contribution in [0, 0.1) is 5.92 Å². The molecule has 0 aliphatic carbocycles. The number of nitrogens with zero attached hydrogens (tertiary/aromatic N) is 3. The number of nitrogens with one attached hydrogen (secondary N) is 1. The molecule has 1 atom stereocenters. The van der Waals surface area contributed by atoms with Gasteiger partial charge in [0.25, 0.3) is 0 Å². The lowest BCUT2D eigenvalue weighted by molar-refractivity contribution is -0.121. The molecule has 1 unspecified atom stereocenters. The van der Waals surface area contributed by atoms with Gasteiger partial charge in [-0.05, 0) is 49.7 Å². The Labute approximate surface area is 201 Å². The zero-order chi connectivity index (χ0) is 23.4. The van der Waals surface area contributed by atoms with Crippen LogP contribution in [0.15, 0.2) is 40.9 Å². The topological polar surface area (TPSA) is 89.7 Å². The van der Waals surface area contributed by atoms with Crippen LogP contribution in [0.5, 0.6) is 11.5 Å². The highest BCUT2D eigenvalue weighted by molar-refractivity contribution is 6.36. The number of carbonyl (C=O) groups excluding carboxylic acids is 1. The van der Waals surface area contributed by atoms with Crippen LogP contribution in [0.25, 0.3) is 11.4 Å². The fraction of sp³-hybridized carbons (Fsp3) is 0.348. The fourth-order valence-corrected chi connectivity index (χ4v) is 4.33. The van der Waals surface area contributed by atoms with E-state index in [4.69, 9.17) is 37.2 Å². The first-order chi connectivity index (χ1) is 16.0. The van der Waals surface area contributed by atoms with Gasteiger partial charge >= 0.3 is 0 Å². The summed E-state index contributed by atoms with van der Waals surface area (Å²) in [6, 6.07) is 10.4. The van der Waals surface area contributed by atoms with Gasteiger partial charge < -0.3 is 19.3 Å². The fourth-order valence-electron chi connectivity index (χ4n) is 3.84. The summed E-state index contributed by atoms with van der Waals surface area (Å²) in [7, 11) is 3.14. The van der Waals surface area contributed by atoms with Crippen molar-refractivity contribution in [2.24, 2.45) is 5.92 Å². The van der Waals surface area contributed by atoms with Crippen molar-refractivity contribution < 1.29 is 18.8 Å². The Kier molecular flexibility index (Phi) is 7.37. The van der Waals surface area contributed by atoms with Crippen molar-refractivity contribution in [3.63, 3.8) is 0 Å². The molecule has 33 heavy (non-hydrogen) atoms. The van der Waals surface area contributed by atoms with Crippen molar-refractivity contribution in [2.45, 2.75) is 19.4 Å². The van der Waals surface area contributed by atoms with E-state index >= 15 is 0 Å². The molecule has 8 nitrogen and oxygen atoms in total. The number of benzene rings is 2. The third-order valence-corrected chi connectivity index (χ3v) is 6.09. The van der Waals surface area contributed by atoms with Gasteiger partial charge in [-0.15, -0.1) is 0 Å². The lowest BCUT2D eigenvalue weighted by atomic mass is 9.97. The van der Waals surface area contributed by atoms with E-state index < -0.39 is 0 Å². The van der Waals surface area contributed by atoms with Crippen LogP contribution in [-0.2, 0) is 11.3 Å². The summed E-state index contributed by atoms with van der Waals surface area (Å²) in [6.07, 6.45) is 1.69. The number of ether oxygens (including phenoxy) is 2. The molecule has 1 aliphatic rings. The van der Waals surface area contributed by atoms with Crippen molar-refractivity contribution in [3.8, 4) is 22.9 Å². The third kappa shape index (κ3) is 5.58. The molecule has 1 N–H and O–H groups in total. The van der Waals surface area contributed by atoms with Crippen molar-refractivity contribution in [1.82, 2.24) is 15.0 Å². The quantitative estimate of drug-likeness (QED) is 0.502. The highest BCUT2D eigenvalue weighted by Crippen LogP contribution is 2.31. The molecule has 174 valence electrons. The molecule has 2 heterocycles. The van der Waals surface area contributed by atoms with Crippen LogP contribution in [-0.4, -0.2) is 48.3 Å². The molecule has 2 aromatic carbocycles. The first-order valence-electron chi connectivity index (χ1n) is 10.5. The second-order valence-corrected chi connectivity index (χ2v) is 8.61. The lowest BCUT2D eigenvalue weighted by Gasteiger charge is -2.31. The van der Waals surface area contributed by atoms with Gasteiger partial charge in [-0.1, -0.05) is 28.4 Å². The standard InChI is InChI=1S/C23H24Cl2N4O4/c1-31-16-6-8-19(20(11-16)32-2)26-23(30)14-4-3-9-29(12-14)13-21-27-22(28-33-21)17-7-5-15(24)10-18(17)25/h5-8,10-11,14H,3-4,9,12-13H2,1-2H3,(H,26,30). The minimum absolute atomic E-state index is 0.0534. The number of halogens is 2. The van der Waals surface area contributed by atoms with Crippen LogP contribution in [0.4, 0.5) is 5.69 Å². The number of hydrogen-bond donors (Lipinski definition) is 1. The Morgan fingerprint density at radius 3 is 2.82 bits per heavy atom. The highest BCUT2D eigenvalue weighted by atomic mass is 35.5. The van der Waals surface area contributed by atoms with E-state index in [9.17, 15) is 4.79 Å². The van der Waals surface area contributed by atoms with Gasteiger partial charge in [0, 0.05) is 23.2 Å². The lowest BCUT2D eigenvalue weighted by Crippen LogP contribution is -2.40. The molecule has 1 fully saturated rings. The highest BCUT2D eigenvalue weighted by Gasteiger charge is 2.27. The summed E-state index contributed by atoms with van der Waals surface area (Å²) in [4.78, 5) is 19.5. The second-order valence-electron chi connectivity index (χ2n) is 7.77. The zero-order valence-electron chi connectivity index (χ0n) is 18.3. The number of anilines is 1. The van der Waals surface area contributed by atoms with Gasteiger partial charge in [0.2, 0.25) is 17.6 Å². The maximum Gasteiger partial charge on any atom is 0.241 e. The van der Waals surface area contributed by atoms with Crippen LogP contribution in [0.3, 0.4) is 0 Å². The number of piperidine rings is 1. The Hall–Kier alpha value is -2.81. The number of aromatic nitrogens is 2. The van der Waals surface area contributed by atoms with Crippen molar-refractivity contribution in [1.29, 1.82) is 0 Å². The normalized spacial score (nSPS) is 16.4. The molecule has 1 aromatic heterocycles. The zero-order valence-corrected chi connectivity index (χ0v) is 19.8. The van der Waals surface area contributed by atoms with Crippen LogP contribution < -0.4 is 14.8 Å². The molecular weight excluding hydrogens is 467 g/mol. The maximum atomic E-state index is 12.9. The second kappa shape index (κ2) is 10.4. The Morgan fingerprint density at radius 1 is 1.21 bits per heavy atom. The summed E-state index contributed by atoms with van der Waals surface area (Å²) < 4.78 is 16.0. The van der Waals surface area contributed by atoms with Gasteiger partial charge in [0.15, 0.2) is 0 Å². The maximum absolute atomic E-state index is 12.9. The van der Waals surface area contributed by atoms with E-state index in [-0.39, 0.29) is 11.8 Å². The molecule has 3 aromatic rings. The predicted octanol–water partition coefficient (Wildman–Crippen LogP) is 4.91. The molecule has 0 radical (unpaired) electrons. The predicted molar refractivity (Wildman–Crippen MR) is 126 cm³/mol. The van der Waals surface area contributed by atoms with E-state index in [1.165, 1.54) is 0 Å². The van der Waals surface area contributed by atoms with Gasteiger partial charge in [0.05, 0.1) is 37.4 Å². The molecule has 0 saturated carbocycles. The minimum Gasteiger partial charge on any atom is -0.497 e. The first kappa shape index (κ1) is 23.4. The Morgan fingerprint density at radius 2 is 2.06 bits per heavy atom. The molecular formula is C23H24Cl2N4O4. The number of amides is 1. The number of hydrogen-bond acceptors (Lipinski definition) is 7. The van der Waals surface area contributed by atoms with E-state index in [2.05, 4.69) is 20.4 Å². The van der Waals surface area contributed by atoms with Crippen molar-refractivity contribution in [3.05, 3.63) is 52.3 Å². The summed E-state index contributed by atoms with van der Waals surface area (Å²) in [5.74, 6) is 1.86. The molecule has 1 aliphatic heterocycles. The third-order valence-electron chi connectivity index (χ3n) is 5.54. The summed E-state index contributed by atoms with van der Waals surface area (Å²) in [6.45, 7) is 1.88. The van der Waals surface area contributed by atoms with E-state index in [0.717, 1.165) is 19.4 Å². The smallest absolute Gasteiger partial charge is 0.241 e. The average Bonchev–Trinajstić information content (AvgIpc) is 3.27. The first-order valence-corrected chi connectivity index (χ1v) is 11.3. The van der Waals surface area contributed by atoms with Gasteiger partial charge in [0.1, 0.15) is 11.5 Å². The van der Waals surface area contributed by atoms with Gasteiger partial charge in [-0.2, -0.15) is 4.98 Å². The molecule has 10 heteroatoms. The molecule has 0 spiro atoms. The summed E-state index contributed by atoms with van der Waals surface area (Å²) >= 11 is 12.2. The number of likely N-dealkylation sites (tertiary alicyclic amines) is 1. The van der Waals surface area contributed by atoms with Crippen molar-refractivity contribution >= 4 is 34.8 Å². The molecule has 4 rings (SSSR count). The average molecular weight is 491 g/mol.